The van der Waals surface area contributed by atoms with E-state index in [0.29, 0.717) is 0 Å². The second-order valence-electron chi connectivity index (χ2n) is 5.78. The van der Waals surface area contributed by atoms with Crippen LogP contribution in [0.25, 0.3) is 0 Å². The maximum absolute atomic E-state index is 5.34. The summed E-state index contributed by atoms with van der Waals surface area (Å²) >= 11 is 1.71. The molecule has 0 aliphatic carbocycles. The molecular formula is C17H24N4OS. The zero-order chi connectivity index (χ0) is 16.1. The van der Waals surface area contributed by atoms with Crippen LogP contribution >= 0.6 is 11.8 Å². The first-order valence-electron chi connectivity index (χ1n) is 8.15. The maximum Gasteiger partial charge on any atom is 0.240 e. The van der Waals surface area contributed by atoms with Gasteiger partial charge in [0.15, 0.2) is 5.82 Å². The first-order valence-corrected chi connectivity index (χ1v) is 9.55. The van der Waals surface area contributed by atoms with Gasteiger partial charge >= 0.3 is 0 Å². The minimum Gasteiger partial charge on any atom is -0.369 e. The molecule has 0 atom stereocenters. The second kappa shape index (κ2) is 7.84. The molecule has 0 radical (unpaired) electrons. The summed E-state index contributed by atoms with van der Waals surface area (Å²) < 4.78 is 5.34. The van der Waals surface area contributed by atoms with Crippen molar-refractivity contribution < 1.29 is 4.52 Å². The molecule has 3 rings (SSSR count). The summed E-state index contributed by atoms with van der Waals surface area (Å²) in [5.74, 6) is 2.34. The van der Waals surface area contributed by atoms with E-state index in [1.54, 1.807) is 11.8 Å². The van der Waals surface area contributed by atoms with Crippen molar-refractivity contribution >= 4 is 17.4 Å². The van der Waals surface area contributed by atoms with E-state index in [0.717, 1.165) is 56.6 Å². The molecule has 1 aromatic carbocycles. The molecule has 1 fully saturated rings. The number of aromatic nitrogens is 2. The number of para-hydroxylation sites is 1. The molecule has 1 aliphatic heterocycles. The standard InChI is InChI=1S/C17H24N4OS/c1-3-14-6-4-5-7-15(14)21-10-8-20(9-11-21)12-17-18-16(13-23-2)19-22-17/h4-7H,3,8-13H2,1-2H3. The molecule has 1 saturated heterocycles. The molecule has 124 valence electrons. The first-order chi connectivity index (χ1) is 11.3. The monoisotopic (exact) mass is 332 g/mol. The van der Waals surface area contributed by atoms with E-state index in [4.69, 9.17) is 4.52 Å². The highest BCUT2D eigenvalue weighted by molar-refractivity contribution is 7.97. The Morgan fingerprint density at radius 3 is 2.70 bits per heavy atom. The van der Waals surface area contributed by atoms with Crippen molar-refractivity contribution in [1.29, 1.82) is 0 Å². The topological polar surface area (TPSA) is 45.4 Å². The third-order valence-corrected chi connectivity index (χ3v) is 4.77. The molecule has 0 N–H and O–H groups in total. The Kier molecular flexibility index (Phi) is 5.56. The predicted octanol–water partition coefficient (Wildman–Crippen LogP) is 2.82. The molecule has 2 aromatic rings. The van der Waals surface area contributed by atoms with Gasteiger partial charge in [0.25, 0.3) is 0 Å². The smallest absolute Gasteiger partial charge is 0.240 e. The number of anilines is 1. The van der Waals surface area contributed by atoms with Gasteiger partial charge < -0.3 is 9.42 Å². The Morgan fingerprint density at radius 2 is 1.96 bits per heavy atom. The van der Waals surface area contributed by atoms with Crippen LogP contribution < -0.4 is 4.90 Å². The average Bonchev–Trinajstić information content (AvgIpc) is 3.03. The van der Waals surface area contributed by atoms with Crippen molar-refractivity contribution in [3.8, 4) is 0 Å². The highest BCUT2D eigenvalue weighted by Gasteiger charge is 2.20. The van der Waals surface area contributed by atoms with Gasteiger partial charge in [-0.2, -0.15) is 16.7 Å². The Bertz CT molecular complexity index is 623. The number of hydrogen-bond acceptors (Lipinski definition) is 6. The third-order valence-electron chi connectivity index (χ3n) is 4.23. The Morgan fingerprint density at radius 1 is 1.17 bits per heavy atom. The summed E-state index contributed by atoms with van der Waals surface area (Å²) in [5.41, 5.74) is 2.81. The molecule has 0 unspecified atom stereocenters. The first kappa shape index (κ1) is 16.3. The SMILES string of the molecule is CCc1ccccc1N1CCN(Cc2nc(CSC)no2)CC1. The lowest BCUT2D eigenvalue weighted by Crippen LogP contribution is -2.46. The molecular weight excluding hydrogens is 308 g/mol. The average molecular weight is 332 g/mol. The van der Waals surface area contributed by atoms with Gasteiger partial charge in [-0.05, 0) is 24.3 Å². The summed E-state index contributed by atoms with van der Waals surface area (Å²) in [4.78, 5) is 9.32. The van der Waals surface area contributed by atoms with Crippen LogP contribution in [0.15, 0.2) is 28.8 Å². The van der Waals surface area contributed by atoms with Gasteiger partial charge in [-0.25, -0.2) is 0 Å². The number of rotatable bonds is 6. The molecule has 0 saturated carbocycles. The van der Waals surface area contributed by atoms with E-state index < -0.39 is 0 Å². The summed E-state index contributed by atoms with van der Waals surface area (Å²) in [6.07, 6.45) is 3.12. The van der Waals surface area contributed by atoms with Crippen LogP contribution in [0, 0.1) is 0 Å². The van der Waals surface area contributed by atoms with Crippen molar-refractivity contribution in [2.75, 3.05) is 37.3 Å². The fraction of sp³-hybridized carbons (Fsp3) is 0.529. The molecule has 1 aliphatic rings. The number of piperazine rings is 1. The fourth-order valence-electron chi connectivity index (χ4n) is 3.00. The van der Waals surface area contributed by atoms with Crippen molar-refractivity contribution in [3.05, 3.63) is 41.5 Å². The highest BCUT2D eigenvalue weighted by atomic mass is 32.2. The van der Waals surface area contributed by atoms with Crippen LogP contribution in [-0.2, 0) is 18.7 Å². The second-order valence-corrected chi connectivity index (χ2v) is 6.65. The maximum atomic E-state index is 5.34. The normalized spacial score (nSPS) is 16.0. The minimum absolute atomic E-state index is 0.733. The quantitative estimate of drug-likeness (QED) is 0.810. The molecule has 1 aromatic heterocycles. The van der Waals surface area contributed by atoms with Crippen LogP contribution in [0.4, 0.5) is 5.69 Å². The van der Waals surface area contributed by atoms with Gasteiger partial charge in [0.1, 0.15) is 0 Å². The number of nitrogens with zero attached hydrogens (tertiary/aromatic N) is 4. The Hall–Kier alpha value is -1.53. The van der Waals surface area contributed by atoms with E-state index in [2.05, 4.69) is 51.1 Å². The van der Waals surface area contributed by atoms with E-state index in [-0.39, 0.29) is 0 Å². The molecule has 6 heteroatoms. The minimum atomic E-state index is 0.733. The number of hydrogen-bond donors (Lipinski definition) is 0. The Labute approximate surface area is 142 Å². The van der Waals surface area contributed by atoms with Crippen LogP contribution in [0.5, 0.6) is 0 Å². The van der Waals surface area contributed by atoms with Crippen molar-refractivity contribution in [2.45, 2.75) is 25.6 Å². The van der Waals surface area contributed by atoms with Crippen molar-refractivity contribution in [2.24, 2.45) is 0 Å². The lowest BCUT2D eigenvalue weighted by atomic mass is 10.1. The molecule has 2 heterocycles. The van der Waals surface area contributed by atoms with Gasteiger partial charge in [0.2, 0.25) is 5.89 Å². The lowest BCUT2D eigenvalue weighted by molar-refractivity contribution is 0.215. The zero-order valence-corrected chi connectivity index (χ0v) is 14.7. The highest BCUT2D eigenvalue weighted by Crippen LogP contribution is 2.22. The molecule has 23 heavy (non-hydrogen) atoms. The van der Waals surface area contributed by atoms with Gasteiger partial charge in [0, 0.05) is 31.9 Å². The molecule has 5 nitrogen and oxygen atoms in total. The lowest BCUT2D eigenvalue weighted by Gasteiger charge is -2.36. The van der Waals surface area contributed by atoms with E-state index in [1.165, 1.54) is 11.3 Å². The predicted molar refractivity (Wildman–Crippen MR) is 94.8 cm³/mol. The largest absolute Gasteiger partial charge is 0.369 e. The molecule has 0 spiro atoms. The number of thioether (sulfide) groups is 1. The van der Waals surface area contributed by atoms with Crippen LogP contribution in [0.3, 0.4) is 0 Å². The number of aryl methyl sites for hydroxylation is 1. The van der Waals surface area contributed by atoms with E-state index >= 15 is 0 Å². The van der Waals surface area contributed by atoms with Gasteiger partial charge in [-0.1, -0.05) is 30.3 Å². The fourth-order valence-corrected chi connectivity index (χ4v) is 3.37. The number of benzene rings is 1. The Balaban J connectivity index is 1.55. The van der Waals surface area contributed by atoms with Gasteiger partial charge in [0.05, 0.1) is 12.3 Å². The van der Waals surface area contributed by atoms with Crippen LogP contribution in [0.2, 0.25) is 0 Å². The van der Waals surface area contributed by atoms with Gasteiger partial charge in [-0.15, -0.1) is 0 Å². The summed E-state index contributed by atoms with van der Waals surface area (Å²) in [7, 11) is 0. The van der Waals surface area contributed by atoms with E-state index in [9.17, 15) is 0 Å². The summed E-state index contributed by atoms with van der Waals surface area (Å²) in [5, 5.41) is 4.01. The van der Waals surface area contributed by atoms with Crippen LogP contribution in [0.1, 0.15) is 24.2 Å². The third kappa shape index (κ3) is 4.06. The van der Waals surface area contributed by atoms with Crippen LogP contribution in [-0.4, -0.2) is 47.5 Å². The zero-order valence-electron chi connectivity index (χ0n) is 13.9. The molecule has 0 amide bonds. The summed E-state index contributed by atoms with van der Waals surface area (Å²) in [6.45, 7) is 7.11. The van der Waals surface area contributed by atoms with Crippen molar-refractivity contribution in [3.63, 3.8) is 0 Å². The molecule has 0 bridgehead atoms. The van der Waals surface area contributed by atoms with E-state index in [1.807, 2.05) is 6.26 Å². The summed E-state index contributed by atoms with van der Waals surface area (Å²) in [6, 6.07) is 8.72. The van der Waals surface area contributed by atoms with Gasteiger partial charge in [-0.3, -0.25) is 4.90 Å². The van der Waals surface area contributed by atoms with Crippen molar-refractivity contribution in [1.82, 2.24) is 15.0 Å².